The molecule has 0 heterocycles. The normalized spacial score (nSPS) is 11.5. The molecule has 0 aliphatic carbocycles. The lowest BCUT2D eigenvalue weighted by molar-refractivity contribution is -0.123. The van der Waals surface area contributed by atoms with Crippen LogP contribution in [0.4, 0.5) is 0 Å². The van der Waals surface area contributed by atoms with Gasteiger partial charge in [0.05, 0.1) is 5.02 Å². The van der Waals surface area contributed by atoms with Crippen LogP contribution in [0.5, 0.6) is 5.75 Å². The molecule has 0 aromatic heterocycles. The van der Waals surface area contributed by atoms with Crippen molar-refractivity contribution in [1.29, 1.82) is 0 Å². The Morgan fingerprint density at radius 1 is 1.08 bits per heavy atom. The molecule has 5 heteroatoms. The minimum atomic E-state index is -0.178. The van der Waals surface area contributed by atoms with E-state index in [4.69, 9.17) is 27.9 Å². The Morgan fingerprint density at radius 3 is 1.97 bits per heavy atom. The molecule has 0 radical (unpaired) electrons. The molecule has 0 fully saturated rings. The number of halogens is 2. The first kappa shape index (κ1) is 42.1. The molecular formula is C32H55Cl2NO2. The maximum Gasteiger partial charge on any atom is 0.257 e. The van der Waals surface area contributed by atoms with E-state index in [0.717, 1.165) is 36.0 Å². The standard InChI is InChI=1S/C23H33Cl2NO2.C3H6.2C2H6.C2H4/c1-8-15(4)17(6)18-11-12-19(22(25)21(18)24)28-13-20(27)26-14-23(7,10-3)16(5)9-2;1-3-2;3*1-2/h11-12,16H,4,6,8-10,13-14H2,1-3,5,7H3,(H,26,27);3H,1H2,2H3;2*1-2H3;1-2H2/t16-,23?;;;;/m0..../s1. The summed E-state index contributed by atoms with van der Waals surface area (Å²) in [7, 11) is 0. The van der Waals surface area contributed by atoms with Gasteiger partial charge in [0.2, 0.25) is 0 Å². The molecule has 1 amide bonds. The predicted molar refractivity (Wildman–Crippen MR) is 171 cm³/mol. The number of ether oxygens (including phenoxy) is 1. The van der Waals surface area contributed by atoms with Gasteiger partial charge in [0.1, 0.15) is 10.8 Å². The molecule has 3 nitrogen and oxygen atoms in total. The highest BCUT2D eigenvalue weighted by Gasteiger charge is 2.28. The highest BCUT2D eigenvalue weighted by atomic mass is 35.5. The van der Waals surface area contributed by atoms with Crippen molar-refractivity contribution in [2.45, 2.75) is 88.5 Å². The van der Waals surface area contributed by atoms with Crippen LogP contribution < -0.4 is 10.1 Å². The highest BCUT2D eigenvalue weighted by Crippen LogP contribution is 2.39. The van der Waals surface area contributed by atoms with Crippen molar-refractivity contribution in [3.63, 3.8) is 0 Å². The van der Waals surface area contributed by atoms with E-state index < -0.39 is 0 Å². The molecule has 0 aliphatic heterocycles. The van der Waals surface area contributed by atoms with Crippen molar-refractivity contribution in [1.82, 2.24) is 5.32 Å². The third-order valence-corrected chi connectivity index (χ3v) is 6.75. The summed E-state index contributed by atoms with van der Waals surface area (Å²) in [5, 5.41) is 3.61. The van der Waals surface area contributed by atoms with Gasteiger partial charge in [-0.2, -0.15) is 0 Å². The van der Waals surface area contributed by atoms with Crippen LogP contribution in [-0.2, 0) is 4.79 Å². The maximum absolute atomic E-state index is 12.3. The van der Waals surface area contributed by atoms with E-state index in [0.29, 0.717) is 23.2 Å². The Bertz CT molecular complexity index is 789. The van der Waals surface area contributed by atoms with Crippen molar-refractivity contribution in [3.8, 4) is 5.75 Å². The summed E-state index contributed by atoms with van der Waals surface area (Å²) in [5.41, 5.74) is 2.44. The minimum Gasteiger partial charge on any atom is -0.482 e. The number of hydrogen-bond acceptors (Lipinski definition) is 2. The van der Waals surface area contributed by atoms with E-state index in [1.165, 1.54) is 0 Å². The fourth-order valence-corrected chi connectivity index (χ4v) is 3.40. The number of hydrogen-bond donors (Lipinski definition) is 1. The van der Waals surface area contributed by atoms with Gasteiger partial charge in [-0.1, -0.05) is 111 Å². The molecule has 37 heavy (non-hydrogen) atoms. The number of rotatable bonds is 11. The number of carbonyl (C=O) groups excluding carboxylic acids is 1. The molecule has 1 unspecified atom stereocenters. The van der Waals surface area contributed by atoms with E-state index in [1.54, 1.807) is 18.2 Å². The second kappa shape index (κ2) is 25.7. The smallest absolute Gasteiger partial charge is 0.257 e. The van der Waals surface area contributed by atoms with Gasteiger partial charge < -0.3 is 10.1 Å². The molecule has 0 saturated heterocycles. The number of nitrogens with one attached hydrogen (secondary N) is 1. The SMILES string of the molecule is C=C.C=C(CC)C(=C)c1ccc(OCC(=O)NCC(C)(CC)[C@@H](C)CC)c(Cl)c1Cl.C=CC.CC.CC. The van der Waals surface area contributed by atoms with E-state index in [-0.39, 0.29) is 23.0 Å². The van der Waals surface area contributed by atoms with Gasteiger partial charge in [0.15, 0.2) is 6.61 Å². The molecule has 1 rings (SSSR count). The first-order valence-corrected chi connectivity index (χ1v) is 14.1. The molecule has 0 bridgehead atoms. The van der Waals surface area contributed by atoms with Crippen molar-refractivity contribution in [2.24, 2.45) is 11.3 Å². The van der Waals surface area contributed by atoms with Gasteiger partial charge in [0.25, 0.3) is 5.91 Å². The quantitative estimate of drug-likeness (QED) is 0.217. The van der Waals surface area contributed by atoms with Gasteiger partial charge in [-0.3, -0.25) is 4.79 Å². The number of benzene rings is 1. The highest BCUT2D eigenvalue weighted by molar-refractivity contribution is 6.44. The largest absolute Gasteiger partial charge is 0.482 e. The van der Waals surface area contributed by atoms with Crippen LogP contribution in [-0.4, -0.2) is 19.1 Å². The first-order chi connectivity index (χ1) is 17.5. The monoisotopic (exact) mass is 555 g/mol. The third-order valence-electron chi connectivity index (χ3n) is 5.88. The maximum atomic E-state index is 12.3. The fourth-order valence-electron chi connectivity index (χ4n) is 2.92. The Balaban J connectivity index is -0.000000537. The third kappa shape index (κ3) is 15.8. The molecule has 0 aliphatic rings. The molecule has 2 atom stereocenters. The van der Waals surface area contributed by atoms with Crippen LogP contribution in [0.15, 0.2) is 56.7 Å². The van der Waals surface area contributed by atoms with Crippen molar-refractivity contribution in [2.75, 3.05) is 13.2 Å². The molecule has 214 valence electrons. The second-order valence-electron chi connectivity index (χ2n) is 7.97. The van der Waals surface area contributed by atoms with Crippen LogP contribution >= 0.6 is 23.2 Å². The zero-order chi connectivity index (χ0) is 30.2. The molecule has 1 aromatic carbocycles. The summed E-state index contributed by atoms with van der Waals surface area (Å²) < 4.78 is 5.61. The van der Waals surface area contributed by atoms with Gasteiger partial charge in [-0.25, -0.2) is 0 Å². The summed E-state index contributed by atoms with van der Waals surface area (Å²) in [6, 6.07) is 3.50. The van der Waals surface area contributed by atoms with Gasteiger partial charge in [-0.05, 0) is 54.4 Å². The summed E-state index contributed by atoms with van der Waals surface area (Å²) in [4.78, 5) is 12.3. The van der Waals surface area contributed by atoms with Crippen LogP contribution in [0.1, 0.15) is 94.1 Å². The Morgan fingerprint density at radius 2 is 1.57 bits per heavy atom. The fraction of sp³-hybridized carbons (Fsp3) is 0.531. The summed E-state index contributed by atoms with van der Waals surface area (Å²) >= 11 is 12.7. The Hall–Kier alpha value is -1.97. The first-order valence-electron chi connectivity index (χ1n) is 13.3. The average molecular weight is 557 g/mol. The lowest BCUT2D eigenvalue weighted by Gasteiger charge is -2.34. The van der Waals surface area contributed by atoms with E-state index >= 15 is 0 Å². The number of amides is 1. The average Bonchev–Trinajstić information content (AvgIpc) is 2.94. The molecular weight excluding hydrogens is 501 g/mol. The van der Waals surface area contributed by atoms with Crippen LogP contribution in [0.2, 0.25) is 10.0 Å². The van der Waals surface area contributed by atoms with Crippen LogP contribution in [0.25, 0.3) is 5.57 Å². The summed E-state index contributed by atoms with van der Waals surface area (Å²) in [5.74, 6) is 0.717. The second-order valence-corrected chi connectivity index (χ2v) is 8.72. The van der Waals surface area contributed by atoms with Crippen molar-refractivity contribution >= 4 is 34.7 Å². The van der Waals surface area contributed by atoms with Crippen LogP contribution in [0.3, 0.4) is 0 Å². The van der Waals surface area contributed by atoms with E-state index in [9.17, 15) is 4.79 Å². The van der Waals surface area contributed by atoms with Gasteiger partial charge in [-0.15, -0.1) is 19.7 Å². The van der Waals surface area contributed by atoms with Crippen molar-refractivity contribution in [3.05, 3.63) is 72.3 Å². The number of carbonyl (C=O) groups is 1. The van der Waals surface area contributed by atoms with Crippen LogP contribution in [0, 0.1) is 11.3 Å². The van der Waals surface area contributed by atoms with Gasteiger partial charge in [0, 0.05) is 12.1 Å². The van der Waals surface area contributed by atoms with E-state index in [2.05, 4.69) is 65.9 Å². The van der Waals surface area contributed by atoms with E-state index in [1.807, 2.05) is 41.5 Å². The molecule has 1 aromatic rings. The Labute approximate surface area is 240 Å². The molecule has 1 N–H and O–H groups in total. The van der Waals surface area contributed by atoms with Crippen molar-refractivity contribution < 1.29 is 9.53 Å². The summed E-state index contributed by atoms with van der Waals surface area (Å²) in [6.45, 7) is 38.5. The zero-order valence-electron chi connectivity index (χ0n) is 25.5. The topological polar surface area (TPSA) is 38.3 Å². The number of allylic oxidation sites excluding steroid dienone is 3. The Kier molecular flexibility index (Phi) is 29.2. The molecule has 0 spiro atoms. The zero-order valence-corrected chi connectivity index (χ0v) is 27.0. The minimum absolute atomic E-state index is 0.0645. The van der Waals surface area contributed by atoms with Gasteiger partial charge >= 0.3 is 0 Å². The summed E-state index contributed by atoms with van der Waals surface area (Å²) in [6.07, 6.45) is 4.60. The predicted octanol–water partition coefficient (Wildman–Crippen LogP) is 11.0. The lowest BCUT2D eigenvalue weighted by atomic mass is 9.74. The lowest BCUT2D eigenvalue weighted by Crippen LogP contribution is -2.41. The molecule has 0 saturated carbocycles.